The highest BCUT2D eigenvalue weighted by Crippen LogP contribution is 2.19. The van der Waals surface area contributed by atoms with Crippen LogP contribution in [0.25, 0.3) is 0 Å². The normalized spacial score (nSPS) is 13.2. The predicted molar refractivity (Wildman–Crippen MR) is 96.6 cm³/mol. The first-order valence-electron chi connectivity index (χ1n) is 8.50. The Bertz CT molecular complexity index is 639. The maximum Gasteiger partial charge on any atom is 0.408 e. The molecular formula is C19H27NO7. The minimum Gasteiger partial charge on any atom is -0.463 e. The van der Waals surface area contributed by atoms with Crippen LogP contribution in [-0.2, 0) is 30.4 Å². The maximum atomic E-state index is 12.2. The van der Waals surface area contributed by atoms with Gasteiger partial charge in [-0.1, -0.05) is 30.3 Å². The molecular weight excluding hydrogens is 354 g/mol. The summed E-state index contributed by atoms with van der Waals surface area (Å²) in [5.41, 5.74) is -1.30. The van der Waals surface area contributed by atoms with Crippen LogP contribution in [0.15, 0.2) is 30.3 Å². The lowest BCUT2D eigenvalue weighted by molar-refractivity contribution is -0.166. The van der Waals surface area contributed by atoms with E-state index in [2.05, 4.69) is 5.32 Å². The van der Waals surface area contributed by atoms with Crippen LogP contribution in [0.4, 0.5) is 4.79 Å². The number of aliphatic hydroxyl groups is 1. The molecule has 8 nitrogen and oxygen atoms in total. The summed E-state index contributed by atoms with van der Waals surface area (Å²) in [6.07, 6.45) is -0.758. The van der Waals surface area contributed by atoms with E-state index in [9.17, 15) is 19.5 Å². The van der Waals surface area contributed by atoms with Gasteiger partial charge < -0.3 is 24.6 Å². The molecule has 0 radical (unpaired) electrons. The minimum atomic E-state index is -1.41. The molecule has 0 aliphatic rings. The molecule has 0 fully saturated rings. The number of hydrogen-bond donors (Lipinski definition) is 2. The Balaban J connectivity index is 2.44. The van der Waals surface area contributed by atoms with Crippen LogP contribution < -0.4 is 5.32 Å². The SMILES string of the molecule is CC(C)(C)OC(=O)NCC(=O)OCC(C)(CO)C(=O)OCc1ccccc1. The van der Waals surface area contributed by atoms with E-state index in [-0.39, 0.29) is 13.2 Å². The van der Waals surface area contributed by atoms with Crippen LogP contribution in [0.3, 0.4) is 0 Å². The molecule has 1 rings (SSSR count). The second-order valence-electron chi connectivity index (χ2n) is 7.30. The van der Waals surface area contributed by atoms with Gasteiger partial charge in [-0.25, -0.2) is 4.79 Å². The first kappa shape index (κ1) is 22.4. The van der Waals surface area contributed by atoms with Crippen molar-refractivity contribution >= 4 is 18.0 Å². The van der Waals surface area contributed by atoms with E-state index < -0.39 is 42.2 Å². The summed E-state index contributed by atoms with van der Waals surface area (Å²) in [4.78, 5) is 35.5. The van der Waals surface area contributed by atoms with Gasteiger partial charge in [-0.2, -0.15) is 0 Å². The molecule has 150 valence electrons. The van der Waals surface area contributed by atoms with Crippen molar-refractivity contribution in [2.45, 2.75) is 39.9 Å². The topological polar surface area (TPSA) is 111 Å². The predicted octanol–water partition coefficient (Wildman–Crippen LogP) is 1.80. The van der Waals surface area contributed by atoms with Crippen LogP contribution in [0.5, 0.6) is 0 Å². The van der Waals surface area contributed by atoms with Crippen molar-refractivity contribution in [3.8, 4) is 0 Å². The number of nitrogens with one attached hydrogen (secondary N) is 1. The van der Waals surface area contributed by atoms with Crippen LogP contribution >= 0.6 is 0 Å². The number of carbonyl (C=O) groups excluding carboxylic acids is 3. The molecule has 0 aliphatic carbocycles. The summed E-state index contributed by atoms with van der Waals surface area (Å²) in [6, 6.07) is 9.06. The lowest BCUT2D eigenvalue weighted by atomic mass is 9.93. The first-order valence-corrected chi connectivity index (χ1v) is 8.50. The molecule has 0 aliphatic heterocycles. The Labute approximate surface area is 158 Å². The van der Waals surface area contributed by atoms with Gasteiger partial charge in [0.05, 0.1) is 6.61 Å². The Kier molecular flexibility index (Phi) is 8.24. The van der Waals surface area contributed by atoms with Gasteiger partial charge in [0.25, 0.3) is 0 Å². The standard InChI is InChI=1S/C19H27NO7/c1-18(2,3)27-17(24)20-10-15(22)26-13-19(4,12-21)16(23)25-11-14-8-6-5-7-9-14/h5-9,21H,10-13H2,1-4H3,(H,20,24). The highest BCUT2D eigenvalue weighted by molar-refractivity contribution is 5.79. The van der Waals surface area contributed by atoms with Gasteiger partial charge in [-0.3, -0.25) is 9.59 Å². The van der Waals surface area contributed by atoms with E-state index in [0.717, 1.165) is 5.56 Å². The van der Waals surface area contributed by atoms with Gasteiger partial charge in [0.15, 0.2) is 0 Å². The van der Waals surface area contributed by atoms with Crippen LogP contribution in [0.2, 0.25) is 0 Å². The average molecular weight is 381 g/mol. The molecule has 2 N–H and O–H groups in total. The quantitative estimate of drug-likeness (QED) is 0.522. The molecule has 27 heavy (non-hydrogen) atoms. The minimum absolute atomic E-state index is 0.0450. The number of benzene rings is 1. The van der Waals surface area contributed by atoms with Crippen molar-refractivity contribution in [2.24, 2.45) is 5.41 Å². The number of esters is 2. The molecule has 0 saturated heterocycles. The third-order valence-corrected chi connectivity index (χ3v) is 3.38. The van der Waals surface area contributed by atoms with E-state index in [1.165, 1.54) is 6.92 Å². The summed E-state index contributed by atoms with van der Waals surface area (Å²) in [7, 11) is 0. The Morgan fingerprint density at radius 1 is 1.04 bits per heavy atom. The lowest BCUT2D eigenvalue weighted by Crippen LogP contribution is -2.41. The second kappa shape index (κ2) is 9.91. The highest BCUT2D eigenvalue weighted by Gasteiger charge is 2.36. The van der Waals surface area contributed by atoms with Crippen LogP contribution in [-0.4, -0.2) is 48.5 Å². The Hall–Kier alpha value is -2.61. The van der Waals surface area contributed by atoms with Crippen molar-refractivity contribution in [2.75, 3.05) is 19.8 Å². The fourth-order valence-corrected chi connectivity index (χ4v) is 1.82. The van der Waals surface area contributed by atoms with Crippen molar-refractivity contribution < 1.29 is 33.7 Å². The van der Waals surface area contributed by atoms with Gasteiger partial charge in [-0.15, -0.1) is 0 Å². The summed E-state index contributed by atoms with van der Waals surface area (Å²) >= 11 is 0. The van der Waals surface area contributed by atoms with Crippen molar-refractivity contribution in [1.29, 1.82) is 0 Å². The fraction of sp³-hybridized carbons (Fsp3) is 0.526. The van der Waals surface area contributed by atoms with E-state index in [1.54, 1.807) is 32.9 Å². The zero-order chi connectivity index (χ0) is 20.5. The van der Waals surface area contributed by atoms with Gasteiger partial charge in [-0.05, 0) is 33.3 Å². The van der Waals surface area contributed by atoms with E-state index in [1.807, 2.05) is 18.2 Å². The summed E-state index contributed by atoms with van der Waals surface area (Å²) in [6.45, 7) is 5.18. The number of carbonyl (C=O) groups is 3. The molecule has 8 heteroatoms. The molecule has 1 atom stereocenters. The van der Waals surface area contributed by atoms with E-state index >= 15 is 0 Å². The molecule has 0 aromatic heterocycles. The average Bonchev–Trinajstić information content (AvgIpc) is 2.61. The number of amides is 1. The zero-order valence-electron chi connectivity index (χ0n) is 16.1. The summed E-state index contributed by atoms with van der Waals surface area (Å²) < 4.78 is 15.2. The monoisotopic (exact) mass is 381 g/mol. The number of hydrogen-bond acceptors (Lipinski definition) is 7. The van der Waals surface area contributed by atoms with Crippen molar-refractivity contribution in [1.82, 2.24) is 5.32 Å². The smallest absolute Gasteiger partial charge is 0.408 e. The maximum absolute atomic E-state index is 12.2. The Morgan fingerprint density at radius 3 is 2.22 bits per heavy atom. The van der Waals surface area contributed by atoms with E-state index in [0.29, 0.717) is 0 Å². The molecule has 0 heterocycles. The lowest BCUT2D eigenvalue weighted by Gasteiger charge is -2.24. The fourth-order valence-electron chi connectivity index (χ4n) is 1.82. The molecule has 0 bridgehead atoms. The van der Waals surface area contributed by atoms with Gasteiger partial charge in [0, 0.05) is 0 Å². The third kappa shape index (κ3) is 8.54. The van der Waals surface area contributed by atoms with Crippen molar-refractivity contribution in [3.63, 3.8) is 0 Å². The molecule has 1 aromatic rings. The third-order valence-electron chi connectivity index (χ3n) is 3.38. The second-order valence-corrected chi connectivity index (χ2v) is 7.30. The van der Waals surface area contributed by atoms with Gasteiger partial charge in [0.1, 0.15) is 30.8 Å². The zero-order valence-corrected chi connectivity index (χ0v) is 16.1. The molecule has 0 saturated carbocycles. The number of ether oxygens (including phenoxy) is 3. The van der Waals surface area contributed by atoms with Gasteiger partial charge in [0.2, 0.25) is 0 Å². The number of aliphatic hydroxyl groups excluding tert-OH is 1. The van der Waals surface area contributed by atoms with Gasteiger partial charge >= 0.3 is 18.0 Å². The highest BCUT2D eigenvalue weighted by atomic mass is 16.6. The summed E-state index contributed by atoms with van der Waals surface area (Å²) in [5.74, 6) is -1.46. The molecule has 0 spiro atoms. The van der Waals surface area contributed by atoms with Crippen LogP contribution in [0, 0.1) is 5.41 Å². The van der Waals surface area contributed by atoms with Crippen molar-refractivity contribution in [3.05, 3.63) is 35.9 Å². The van der Waals surface area contributed by atoms with Crippen LogP contribution in [0.1, 0.15) is 33.3 Å². The number of alkyl carbamates (subject to hydrolysis) is 1. The molecule has 1 amide bonds. The largest absolute Gasteiger partial charge is 0.463 e. The first-order chi connectivity index (χ1) is 12.6. The summed E-state index contributed by atoms with van der Waals surface area (Å²) in [5, 5.41) is 11.8. The number of rotatable bonds is 8. The van der Waals surface area contributed by atoms with E-state index in [4.69, 9.17) is 14.2 Å². The Morgan fingerprint density at radius 2 is 1.67 bits per heavy atom. The molecule has 1 unspecified atom stereocenters. The molecule has 1 aromatic carbocycles.